The molecule has 102 valence electrons. The first kappa shape index (κ1) is 12.6. The second-order valence-electron chi connectivity index (χ2n) is 5.60. The Balaban J connectivity index is 2.02. The molecule has 0 aromatic carbocycles. The minimum absolute atomic E-state index is 0.103. The molecule has 0 spiro atoms. The Morgan fingerprint density at radius 3 is 2.84 bits per heavy atom. The van der Waals surface area contributed by atoms with Crippen molar-refractivity contribution in [2.75, 3.05) is 31.6 Å². The van der Waals surface area contributed by atoms with Crippen LogP contribution in [0.4, 0.5) is 5.82 Å². The van der Waals surface area contributed by atoms with E-state index in [2.05, 4.69) is 50.9 Å². The van der Waals surface area contributed by atoms with Crippen LogP contribution in [0.1, 0.15) is 13.8 Å². The maximum Gasteiger partial charge on any atom is 0.226 e. The number of rotatable bonds is 1. The Morgan fingerprint density at radius 1 is 1.32 bits per heavy atom. The van der Waals surface area contributed by atoms with E-state index in [1.807, 2.05) is 0 Å². The van der Waals surface area contributed by atoms with Crippen LogP contribution in [-0.4, -0.2) is 57.3 Å². The number of nitrogens with one attached hydrogen (secondary N) is 1. The van der Waals surface area contributed by atoms with Crippen molar-refractivity contribution in [1.82, 2.24) is 25.1 Å². The molecule has 1 aliphatic heterocycles. The highest BCUT2D eigenvalue weighted by Gasteiger charge is 2.32. The molecule has 0 amide bonds. The summed E-state index contributed by atoms with van der Waals surface area (Å²) >= 11 is 5.99. The fourth-order valence-electron chi connectivity index (χ4n) is 2.46. The third kappa shape index (κ3) is 2.15. The van der Waals surface area contributed by atoms with Gasteiger partial charge in [-0.3, -0.25) is 10.00 Å². The highest BCUT2D eigenvalue weighted by atomic mass is 35.5. The fourth-order valence-corrected chi connectivity index (χ4v) is 2.62. The molecule has 1 N–H and O–H groups in total. The third-order valence-electron chi connectivity index (χ3n) is 3.88. The van der Waals surface area contributed by atoms with Gasteiger partial charge in [0.25, 0.3) is 0 Å². The summed E-state index contributed by atoms with van der Waals surface area (Å²) in [4.78, 5) is 13.1. The Hall–Kier alpha value is -1.40. The maximum atomic E-state index is 5.99. The number of hydrogen-bond donors (Lipinski definition) is 1. The van der Waals surface area contributed by atoms with Crippen LogP contribution in [0, 0.1) is 0 Å². The standard InChI is InChI=1S/C12H17ClN6/c1-12(2)7-19(5-4-18(12)3)10-8-6-14-17-9(8)15-11(13)16-10/h6H,4-5,7H2,1-3H3,(H,14,15,16,17). The van der Waals surface area contributed by atoms with Crippen LogP contribution in [0.2, 0.25) is 5.28 Å². The Morgan fingerprint density at radius 2 is 2.11 bits per heavy atom. The first-order valence-electron chi connectivity index (χ1n) is 6.30. The molecule has 0 atom stereocenters. The molecule has 2 aromatic rings. The van der Waals surface area contributed by atoms with Crippen molar-refractivity contribution >= 4 is 28.5 Å². The minimum atomic E-state index is 0.103. The molecule has 7 heteroatoms. The Kier molecular flexibility index (Phi) is 2.87. The zero-order valence-electron chi connectivity index (χ0n) is 11.3. The number of fused-ring (bicyclic) bond motifs is 1. The van der Waals surface area contributed by atoms with Gasteiger partial charge in [-0.1, -0.05) is 0 Å². The van der Waals surface area contributed by atoms with Gasteiger partial charge in [0.2, 0.25) is 5.28 Å². The van der Waals surface area contributed by atoms with Crippen molar-refractivity contribution in [3.05, 3.63) is 11.5 Å². The number of aromatic nitrogens is 4. The van der Waals surface area contributed by atoms with Crippen molar-refractivity contribution in [3.8, 4) is 0 Å². The predicted octanol–water partition coefficient (Wildman–Crippen LogP) is 1.54. The monoisotopic (exact) mass is 280 g/mol. The van der Waals surface area contributed by atoms with Crippen molar-refractivity contribution in [2.24, 2.45) is 0 Å². The summed E-state index contributed by atoms with van der Waals surface area (Å²) in [5, 5.41) is 8.05. The largest absolute Gasteiger partial charge is 0.353 e. The van der Waals surface area contributed by atoms with Gasteiger partial charge >= 0.3 is 0 Å². The van der Waals surface area contributed by atoms with E-state index in [9.17, 15) is 0 Å². The van der Waals surface area contributed by atoms with Crippen molar-refractivity contribution in [2.45, 2.75) is 19.4 Å². The fraction of sp³-hybridized carbons (Fsp3) is 0.583. The number of H-pyrrole nitrogens is 1. The summed E-state index contributed by atoms with van der Waals surface area (Å²) in [7, 11) is 2.15. The molecular formula is C12H17ClN6. The summed E-state index contributed by atoms with van der Waals surface area (Å²) in [6.07, 6.45) is 1.76. The van der Waals surface area contributed by atoms with E-state index in [1.165, 1.54) is 0 Å². The smallest absolute Gasteiger partial charge is 0.226 e. The lowest BCUT2D eigenvalue weighted by molar-refractivity contribution is 0.138. The van der Waals surface area contributed by atoms with Gasteiger partial charge in [-0.2, -0.15) is 15.1 Å². The van der Waals surface area contributed by atoms with Crippen LogP contribution < -0.4 is 4.90 Å². The van der Waals surface area contributed by atoms with Crippen LogP contribution in [0.5, 0.6) is 0 Å². The van der Waals surface area contributed by atoms with E-state index >= 15 is 0 Å². The molecule has 0 radical (unpaired) electrons. The molecule has 2 aromatic heterocycles. The maximum absolute atomic E-state index is 5.99. The average molecular weight is 281 g/mol. The number of hydrogen-bond acceptors (Lipinski definition) is 5. The van der Waals surface area contributed by atoms with Crippen molar-refractivity contribution in [1.29, 1.82) is 0 Å². The lowest BCUT2D eigenvalue weighted by atomic mass is 9.99. The Bertz CT molecular complexity index is 607. The quantitative estimate of drug-likeness (QED) is 0.803. The van der Waals surface area contributed by atoms with Gasteiger partial charge < -0.3 is 4.90 Å². The van der Waals surface area contributed by atoms with E-state index in [1.54, 1.807) is 6.20 Å². The van der Waals surface area contributed by atoms with Gasteiger partial charge in [0.05, 0.1) is 11.6 Å². The highest BCUT2D eigenvalue weighted by molar-refractivity contribution is 6.28. The molecule has 0 bridgehead atoms. The lowest BCUT2D eigenvalue weighted by Crippen LogP contribution is -2.57. The third-order valence-corrected chi connectivity index (χ3v) is 4.05. The minimum Gasteiger partial charge on any atom is -0.353 e. The summed E-state index contributed by atoms with van der Waals surface area (Å²) in [6, 6.07) is 0. The van der Waals surface area contributed by atoms with Gasteiger partial charge in [0.1, 0.15) is 5.82 Å². The summed E-state index contributed by atoms with van der Waals surface area (Å²) in [5.74, 6) is 0.866. The zero-order valence-corrected chi connectivity index (χ0v) is 12.1. The Labute approximate surface area is 116 Å². The SMILES string of the molecule is CN1CCN(c2nc(Cl)nc3[nH]ncc23)CC1(C)C. The molecule has 3 rings (SSSR count). The van der Waals surface area contributed by atoms with Crippen LogP contribution in [-0.2, 0) is 0 Å². The molecule has 3 heterocycles. The van der Waals surface area contributed by atoms with Gasteiger partial charge in [-0.05, 0) is 32.5 Å². The molecule has 1 fully saturated rings. The van der Waals surface area contributed by atoms with Gasteiger partial charge in [0, 0.05) is 25.2 Å². The molecular weight excluding hydrogens is 264 g/mol. The normalized spacial score (nSPS) is 20.1. The lowest BCUT2D eigenvalue weighted by Gasteiger charge is -2.45. The number of halogens is 1. The number of anilines is 1. The number of likely N-dealkylation sites (N-methyl/N-ethyl adjacent to an activating group) is 1. The van der Waals surface area contributed by atoms with Crippen LogP contribution in [0.25, 0.3) is 11.0 Å². The summed E-state index contributed by atoms with van der Waals surface area (Å²) < 4.78 is 0. The van der Waals surface area contributed by atoms with Gasteiger partial charge in [0.15, 0.2) is 5.65 Å². The molecule has 1 aliphatic rings. The molecule has 0 unspecified atom stereocenters. The van der Waals surface area contributed by atoms with Gasteiger partial charge in [-0.25, -0.2) is 0 Å². The number of piperazine rings is 1. The van der Waals surface area contributed by atoms with Crippen LogP contribution in [0.3, 0.4) is 0 Å². The van der Waals surface area contributed by atoms with E-state index < -0.39 is 0 Å². The average Bonchev–Trinajstić information content (AvgIpc) is 2.79. The predicted molar refractivity (Wildman–Crippen MR) is 75.6 cm³/mol. The highest BCUT2D eigenvalue weighted by Crippen LogP contribution is 2.28. The van der Waals surface area contributed by atoms with Crippen molar-refractivity contribution < 1.29 is 0 Å². The van der Waals surface area contributed by atoms with E-state index in [0.29, 0.717) is 5.65 Å². The molecule has 19 heavy (non-hydrogen) atoms. The second-order valence-corrected chi connectivity index (χ2v) is 5.94. The topological polar surface area (TPSA) is 60.9 Å². The number of aromatic amines is 1. The second kappa shape index (κ2) is 4.31. The first-order valence-corrected chi connectivity index (χ1v) is 6.68. The van der Waals surface area contributed by atoms with E-state index in [0.717, 1.165) is 30.8 Å². The van der Waals surface area contributed by atoms with Gasteiger partial charge in [-0.15, -0.1) is 0 Å². The van der Waals surface area contributed by atoms with Crippen molar-refractivity contribution in [3.63, 3.8) is 0 Å². The van der Waals surface area contributed by atoms with Crippen LogP contribution in [0.15, 0.2) is 6.20 Å². The molecule has 1 saturated heterocycles. The van der Waals surface area contributed by atoms with E-state index in [4.69, 9.17) is 11.6 Å². The number of nitrogens with zero attached hydrogens (tertiary/aromatic N) is 5. The molecule has 0 aliphatic carbocycles. The van der Waals surface area contributed by atoms with E-state index in [-0.39, 0.29) is 10.8 Å². The zero-order chi connectivity index (χ0) is 13.6. The van der Waals surface area contributed by atoms with Crippen LogP contribution >= 0.6 is 11.6 Å². The first-order chi connectivity index (χ1) is 8.97. The molecule has 6 nitrogen and oxygen atoms in total. The summed E-state index contributed by atoms with van der Waals surface area (Å²) in [5.41, 5.74) is 0.790. The molecule has 0 saturated carbocycles. The summed E-state index contributed by atoms with van der Waals surface area (Å²) in [6.45, 7) is 7.28.